The second-order valence-electron chi connectivity index (χ2n) is 5.43. The first kappa shape index (κ1) is 15.6. The second kappa shape index (κ2) is 7.27. The number of methoxy groups -OCH3 is 1. The summed E-state index contributed by atoms with van der Waals surface area (Å²) in [6.07, 6.45) is 2.89. The highest BCUT2D eigenvalue weighted by molar-refractivity contribution is 5.36. The maximum absolute atomic E-state index is 5.54. The molecular weight excluding hydrogens is 262 g/mol. The van der Waals surface area contributed by atoms with Crippen LogP contribution in [-0.2, 0) is 0 Å². The predicted molar refractivity (Wildman–Crippen MR) is 85.7 cm³/mol. The fourth-order valence-electron chi connectivity index (χ4n) is 2.51. The van der Waals surface area contributed by atoms with Gasteiger partial charge in [0.25, 0.3) is 0 Å². The lowest BCUT2D eigenvalue weighted by molar-refractivity contribution is 0.393. The van der Waals surface area contributed by atoms with Gasteiger partial charge in [-0.1, -0.05) is 37.3 Å². The van der Waals surface area contributed by atoms with Gasteiger partial charge in [0.15, 0.2) is 5.75 Å². The molecule has 4 nitrogen and oxygen atoms in total. The molecule has 0 aliphatic carbocycles. The molecule has 2 rings (SSSR count). The lowest BCUT2D eigenvalue weighted by Gasteiger charge is -2.23. The molecule has 0 amide bonds. The highest BCUT2D eigenvalue weighted by atomic mass is 16.5. The van der Waals surface area contributed by atoms with E-state index in [1.807, 2.05) is 10.7 Å². The van der Waals surface area contributed by atoms with Gasteiger partial charge >= 0.3 is 0 Å². The number of hydrogen-bond donors (Lipinski definition) is 1. The molecule has 0 aliphatic rings. The average Bonchev–Trinajstić information content (AvgIpc) is 2.93. The fraction of sp³-hybridized carbons (Fsp3) is 0.471. The zero-order valence-corrected chi connectivity index (χ0v) is 13.3. The van der Waals surface area contributed by atoms with Crippen LogP contribution in [0.25, 0.3) is 0 Å². The van der Waals surface area contributed by atoms with Crippen LogP contribution in [-0.4, -0.2) is 23.4 Å². The normalized spacial score (nSPS) is 12.6. The maximum Gasteiger partial charge on any atom is 0.161 e. The molecular formula is C17H25N3O. The van der Waals surface area contributed by atoms with Crippen molar-refractivity contribution in [2.75, 3.05) is 13.7 Å². The van der Waals surface area contributed by atoms with Crippen LogP contribution in [0.3, 0.4) is 0 Å². The second-order valence-corrected chi connectivity index (χ2v) is 5.43. The Kier molecular flexibility index (Phi) is 5.39. The smallest absolute Gasteiger partial charge is 0.161 e. The van der Waals surface area contributed by atoms with E-state index < -0.39 is 0 Å². The lowest BCUT2D eigenvalue weighted by Crippen LogP contribution is -2.26. The molecule has 1 aromatic carbocycles. The summed E-state index contributed by atoms with van der Waals surface area (Å²) in [6, 6.07) is 10.8. The Labute approximate surface area is 127 Å². The molecule has 0 spiro atoms. The molecule has 1 N–H and O–H groups in total. The zero-order chi connectivity index (χ0) is 15.2. The summed E-state index contributed by atoms with van der Waals surface area (Å²) in [7, 11) is 1.70. The summed E-state index contributed by atoms with van der Waals surface area (Å²) < 4.78 is 7.58. The number of benzene rings is 1. The van der Waals surface area contributed by atoms with Crippen molar-refractivity contribution in [1.29, 1.82) is 0 Å². The quantitative estimate of drug-likeness (QED) is 0.846. The van der Waals surface area contributed by atoms with Crippen molar-refractivity contribution in [3.8, 4) is 5.75 Å². The predicted octanol–water partition coefficient (Wildman–Crippen LogP) is 3.56. The van der Waals surface area contributed by atoms with E-state index in [-0.39, 0.29) is 6.04 Å². The van der Waals surface area contributed by atoms with Crippen molar-refractivity contribution in [1.82, 2.24) is 15.1 Å². The average molecular weight is 287 g/mol. The molecule has 1 unspecified atom stereocenters. The minimum atomic E-state index is 0.0889. The van der Waals surface area contributed by atoms with Gasteiger partial charge in [0, 0.05) is 6.04 Å². The van der Waals surface area contributed by atoms with Crippen LogP contribution in [0.1, 0.15) is 50.5 Å². The minimum Gasteiger partial charge on any atom is -0.493 e. The van der Waals surface area contributed by atoms with E-state index >= 15 is 0 Å². The molecule has 1 aromatic heterocycles. The van der Waals surface area contributed by atoms with Crippen molar-refractivity contribution in [2.24, 2.45) is 0 Å². The first-order valence-corrected chi connectivity index (χ1v) is 7.58. The van der Waals surface area contributed by atoms with Gasteiger partial charge in [-0.2, -0.15) is 5.10 Å². The van der Waals surface area contributed by atoms with E-state index in [4.69, 9.17) is 4.74 Å². The van der Waals surface area contributed by atoms with E-state index in [2.05, 4.69) is 55.5 Å². The van der Waals surface area contributed by atoms with Crippen LogP contribution < -0.4 is 10.1 Å². The van der Waals surface area contributed by atoms with E-state index in [0.717, 1.165) is 24.4 Å². The Hall–Kier alpha value is -1.81. The minimum absolute atomic E-state index is 0.0889. The molecule has 2 aromatic rings. The molecule has 0 aliphatic heterocycles. The summed E-state index contributed by atoms with van der Waals surface area (Å²) in [6.45, 7) is 7.40. The van der Waals surface area contributed by atoms with Gasteiger partial charge < -0.3 is 10.1 Å². The first-order valence-electron chi connectivity index (χ1n) is 7.58. The van der Waals surface area contributed by atoms with E-state index in [1.165, 1.54) is 5.56 Å². The van der Waals surface area contributed by atoms with Crippen molar-refractivity contribution in [3.63, 3.8) is 0 Å². The van der Waals surface area contributed by atoms with Gasteiger partial charge in [-0.3, -0.25) is 4.68 Å². The topological polar surface area (TPSA) is 39.1 Å². The summed E-state index contributed by atoms with van der Waals surface area (Å²) >= 11 is 0. The number of aromatic nitrogens is 2. The first-order chi connectivity index (χ1) is 10.2. The largest absolute Gasteiger partial charge is 0.493 e. The van der Waals surface area contributed by atoms with E-state index in [9.17, 15) is 0 Å². The van der Waals surface area contributed by atoms with Crippen molar-refractivity contribution in [3.05, 3.63) is 47.8 Å². The number of ether oxygens (including phenoxy) is 1. The van der Waals surface area contributed by atoms with Crippen LogP contribution in [0.2, 0.25) is 0 Å². The molecule has 114 valence electrons. The SMILES string of the molecule is CCCNC(c1ccccc1)c1c(OC)cnn1C(C)C. The van der Waals surface area contributed by atoms with E-state index in [1.54, 1.807) is 13.3 Å². The monoisotopic (exact) mass is 287 g/mol. The summed E-state index contributed by atoms with van der Waals surface area (Å²) in [5.41, 5.74) is 2.32. The van der Waals surface area contributed by atoms with Gasteiger partial charge in [0.2, 0.25) is 0 Å². The Morgan fingerprint density at radius 1 is 1.24 bits per heavy atom. The number of nitrogens with zero attached hydrogens (tertiary/aromatic N) is 2. The summed E-state index contributed by atoms with van der Waals surface area (Å²) in [5, 5.41) is 8.11. The molecule has 1 atom stereocenters. The maximum atomic E-state index is 5.54. The van der Waals surface area contributed by atoms with Crippen LogP contribution in [0.15, 0.2) is 36.5 Å². The van der Waals surface area contributed by atoms with Crippen molar-refractivity contribution in [2.45, 2.75) is 39.3 Å². The van der Waals surface area contributed by atoms with Gasteiger partial charge in [0.1, 0.15) is 5.69 Å². The van der Waals surface area contributed by atoms with Crippen LogP contribution in [0, 0.1) is 0 Å². The van der Waals surface area contributed by atoms with Crippen LogP contribution in [0.4, 0.5) is 0 Å². The molecule has 1 heterocycles. The Bertz CT molecular complexity index is 548. The molecule has 21 heavy (non-hydrogen) atoms. The number of hydrogen-bond acceptors (Lipinski definition) is 3. The molecule has 0 radical (unpaired) electrons. The molecule has 4 heteroatoms. The molecule has 0 saturated heterocycles. The Morgan fingerprint density at radius 2 is 1.95 bits per heavy atom. The zero-order valence-electron chi connectivity index (χ0n) is 13.3. The third kappa shape index (κ3) is 3.45. The number of rotatable bonds is 7. The molecule has 0 saturated carbocycles. The van der Waals surface area contributed by atoms with Crippen LogP contribution >= 0.6 is 0 Å². The van der Waals surface area contributed by atoms with Gasteiger partial charge in [-0.25, -0.2) is 0 Å². The summed E-state index contributed by atoms with van der Waals surface area (Å²) in [4.78, 5) is 0. The third-order valence-corrected chi connectivity index (χ3v) is 3.51. The van der Waals surface area contributed by atoms with Gasteiger partial charge in [-0.05, 0) is 32.4 Å². The van der Waals surface area contributed by atoms with Crippen molar-refractivity contribution < 1.29 is 4.74 Å². The van der Waals surface area contributed by atoms with E-state index in [0.29, 0.717) is 6.04 Å². The van der Waals surface area contributed by atoms with Crippen molar-refractivity contribution >= 4 is 0 Å². The molecule has 0 fully saturated rings. The Balaban J connectivity index is 2.48. The number of nitrogens with one attached hydrogen (secondary N) is 1. The van der Waals surface area contributed by atoms with Crippen LogP contribution in [0.5, 0.6) is 5.75 Å². The van der Waals surface area contributed by atoms with Gasteiger partial charge in [-0.15, -0.1) is 0 Å². The fourth-order valence-corrected chi connectivity index (χ4v) is 2.51. The molecule has 0 bridgehead atoms. The highest BCUT2D eigenvalue weighted by Gasteiger charge is 2.24. The summed E-state index contributed by atoms with van der Waals surface area (Å²) in [5.74, 6) is 0.834. The lowest BCUT2D eigenvalue weighted by atomic mass is 10.0. The third-order valence-electron chi connectivity index (χ3n) is 3.51. The highest BCUT2D eigenvalue weighted by Crippen LogP contribution is 2.31. The van der Waals surface area contributed by atoms with Gasteiger partial charge in [0.05, 0.1) is 19.3 Å². The standard InChI is InChI=1S/C17H25N3O/c1-5-11-18-16(14-9-7-6-8-10-14)17-15(21-4)12-19-20(17)13(2)3/h6-10,12-13,16,18H,5,11H2,1-4H3. The Morgan fingerprint density at radius 3 is 2.52 bits per heavy atom.